The topological polar surface area (TPSA) is 79.5 Å². The van der Waals surface area contributed by atoms with Crippen molar-refractivity contribution in [2.45, 2.75) is 6.92 Å². The van der Waals surface area contributed by atoms with Crippen molar-refractivity contribution in [2.24, 2.45) is 0 Å². The van der Waals surface area contributed by atoms with Crippen molar-refractivity contribution in [3.8, 4) is 16.9 Å². The van der Waals surface area contributed by atoms with Crippen LogP contribution in [0.3, 0.4) is 0 Å². The Morgan fingerprint density at radius 1 is 1.04 bits per heavy atom. The van der Waals surface area contributed by atoms with E-state index >= 15 is 0 Å². The van der Waals surface area contributed by atoms with Gasteiger partial charge in [-0.05, 0) is 18.6 Å². The van der Waals surface area contributed by atoms with Gasteiger partial charge in [0.05, 0.1) is 0 Å². The van der Waals surface area contributed by atoms with Gasteiger partial charge in [0, 0.05) is 17.3 Å². The van der Waals surface area contributed by atoms with Gasteiger partial charge in [0.15, 0.2) is 5.56 Å². The average Bonchev–Trinajstić information content (AvgIpc) is 2.55. The molecular formula is C19H15NO4. The van der Waals surface area contributed by atoms with E-state index in [2.05, 4.69) is 5.32 Å². The van der Waals surface area contributed by atoms with Crippen molar-refractivity contribution in [1.29, 1.82) is 0 Å². The molecule has 3 rings (SSSR count). The number of amides is 1. The predicted octanol–water partition coefficient (Wildman–Crippen LogP) is 3.57. The Balaban J connectivity index is 1.99. The molecule has 0 unspecified atom stereocenters. The van der Waals surface area contributed by atoms with E-state index in [1.165, 1.54) is 13.0 Å². The minimum Gasteiger partial charge on any atom is -0.507 e. The summed E-state index contributed by atoms with van der Waals surface area (Å²) < 4.78 is 4.89. The fourth-order valence-electron chi connectivity index (χ4n) is 2.45. The molecule has 1 aromatic heterocycles. The Kier molecular flexibility index (Phi) is 4.16. The van der Waals surface area contributed by atoms with E-state index in [0.717, 1.165) is 11.1 Å². The predicted molar refractivity (Wildman–Crippen MR) is 91.2 cm³/mol. The lowest BCUT2D eigenvalue weighted by Gasteiger charge is -2.11. The zero-order valence-corrected chi connectivity index (χ0v) is 12.9. The van der Waals surface area contributed by atoms with Gasteiger partial charge < -0.3 is 14.8 Å². The van der Waals surface area contributed by atoms with Gasteiger partial charge in [-0.25, -0.2) is 4.79 Å². The minimum absolute atomic E-state index is 0.235. The highest BCUT2D eigenvalue weighted by Gasteiger charge is 2.19. The molecule has 2 aromatic carbocycles. The van der Waals surface area contributed by atoms with Gasteiger partial charge in [0.25, 0.3) is 5.91 Å². The molecular weight excluding hydrogens is 306 g/mol. The maximum Gasteiger partial charge on any atom is 0.352 e. The molecule has 0 saturated heterocycles. The van der Waals surface area contributed by atoms with Crippen molar-refractivity contribution in [3.63, 3.8) is 0 Å². The number of para-hydroxylation sites is 1. The first kappa shape index (κ1) is 15.6. The number of aryl methyl sites for hydroxylation is 1. The van der Waals surface area contributed by atoms with E-state index in [0.29, 0.717) is 5.69 Å². The number of carbonyl (C=O) groups is 1. The number of carbonyl (C=O) groups excluding carboxylic acids is 1. The number of hydrogen-bond acceptors (Lipinski definition) is 4. The molecule has 0 saturated carbocycles. The lowest BCUT2D eigenvalue weighted by Crippen LogP contribution is -2.21. The van der Waals surface area contributed by atoms with Crippen LogP contribution in [0.1, 0.15) is 16.1 Å². The molecule has 0 atom stereocenters. The largest absolute Gasteiger partial charge is 0.507 e. The number of nitrogens with one attached hydrogen (secondary N) is 1. The van der Waals surface area contributed by atoms with Crippen molar-refractivity contribution in [3.05, 3.63) is 82.4 Å². The Morgan fingerprint density at radius 2 is 1.71 bits per heavy atom. The molecule has 1 heterocycles. The van der Waals surface area contributed by atoms with Crippen LogP contribution in [0.25, 0.3) is 11.1 Å². The summed E-state index contributed by atoms with van der Waals surface area (Å²) in [6, 6.07) is 18.0. The summed E-state index contributed by atoms with van der Waals surface area (Å²) in [7, 11) is 0. The van der Waals surface area contributed by atoms with Gasteiger partial charge in [0.2, 0.25) is 0 Å². The number of aromatic hydroxyl groups is 1. The summed E-state index contributed by atoms with van der Waals surface area (Å²) >= 11 is 0. The standard InChI is InChI=1S/C19H15NO4/c1-12-11-16(21)17(19(23)24-12)18(22)20-15-10-6-5-9-14(15)13-7-3-2-4-8-13/h2-11,21H,1H3,(H,20,22). The Morgan fingerprint density at radius 3 is 2.42 bits per heavy atom. The zero-order chi connectivity index (χ0) is 17.1. The fourth-order valence-corrected chi connectivity index (χ4v) is 2.45. The van der Waals surface area contributed by atoms with Crippen LogP contribution in [0.15, 0.2) is 69.9 Å². The van der Waals surface area contributed by atoms with Crippen LogP contribution in [0.5, 0.6) is 5.75 Å². The average molecular weight is 321 g/mol. The van der Waals surface area contributed by atoms with Crippen molar-refractivity contribution in [2.75, 3.05) is 5.32 Å². The lowest BCUT2D eigenvalue weighted by molar-refractivity contribution is 0.102. The van der Waals surface area contributed by atoms with Crippen LogP contribution < -0.4 is 10.9 Å². The minimum atomic E-state index is -0.873. The molecule has 0 spiro atoms. The Bertz CT molecular complexity index is 945. The van der Waals surface area contributed by atoms with Gasteiger partial charge in [-0.2, -0.15) is 0 Å². The van der Waals surface area contributed by atoms with Crippen LogP contribution in [0.2, 0.25) is 0 Å². The number of benzene rings is 2. The molecule has 0 aliphatic carbocycles. The van der Waals surface area contributed by atoms with Gasteiger partial charge in [-0.15, -0.1) is 0 Å². The highest BCUT2D eigenvalue weighted by atomic mass is 16.4. The molecule has 3 aromatic rings. The molecule has 0 bridgehead atoms. The SMILES string of the molecule is Cc1cc(O)c(C(=O)Nc2ccccc2-c2ccccc2)c(=O)o1. The fraction of sp³-hybridized carbons (Fsp3) is 0.0526. The smallest absolute Gasteiger partial charge is 0.352 e. The number of anilines is 1. The van der Waals surface area contributed by atoms with E-state index in [1.54, 1.807) is 12.1 Å². The lowest BCUT2D eigenvalue weighted by atomic mass is 10.0. The van der Waals surface area contributed by atoms with Crippen LogP contribution in [0, 0.1) is 6.92 Å². The summed E-state index contributed by atoms with van der Waals surface area (Å²) in [5.74, 6) is -0.887. The van der Waals surface area contributed by atoms with Crippen LogP contribution in [0.4, 0.5) is 5.69 Å². The monoisotopic (exact) mass is 321 g/mol. The van der Waals surface area contributed by atoms with Crippen molar-refractivity contribution < 1.29 is 14.3 Å². The third-order valence-electron chi connectivity index (χ3n) is 3.54. The van der Waals surface area contributed by atoms with E-state index < -0.39 is 22.8 Å². The highest BCUT2D eigenvalue weighted by Crippen LogP contribution is 2.28. The summed E-state index contributed by atoms with van der Waals surface area (Å²) in [6.45, 7) is 1.52. The summed E-state index contributed by atoms with van der Waals surface area (Å²) in [4.78, 5) is 24.3. The molecule has 0 aliphatic heterocycles. The first-order valence-corrected chi connectivity index (χ1v) is 7.36. The zero-order valence-electron chi connectivity index (χ0n) is 12.9. The van der Waals surface area contributed by atoms with Crippen LogP contribution in [-0.4, -0.2) is 11.0 Å². The maximum absolute atomic E-state index is 12.4. The Hall–Kier alpha value is -3.34. The number of rotatable bonds is 3. The second-order valence-electron chi connectivity index (χ2n) is 5.27. The highest BCUT2D eigenvalue weighted by molar-refractivity contribution is 6.07. The summed E-state index contributed by atoms with van der Waals surface area (Å²) in [5.41, 5.74) is 0.981. The molecule has 120 valence electrons. The van der Waals surface area contributed by atoms with E-state index in [1.807, 2.05) is 42.5 Å². The van der Waals surface area contributed by atoms with Crippen LogP contribution >= 0.6 is 0 Å². The molecule has 5 nitrogen and oxygen atoms in total. The van der Waals surface area contributed by atoms with Gasteiger partial charge >= 0.3 is 5.63 Å². The van der Waals surface area contributed by atoms with E-state index in [4.69, 9.17) is 4.42 Å². The van der Waals surface area contributed by atoms with E-state index in [9.17, 15) is 14.7 Å². The molecule has 5 heteroatoms. The summed E-state index contributed by atoms with van der Waals surface area (Å²) in [5, 5.41) is 12.6. The van der Waals surface area contributed by atoms with Crippen molar-refractivity contribution >= 4 is 11.6 Å². The van der Waals surface area contributed by atoms with Gasteiger partial charge in [-0.3, -0.25) is 4.79 Å². The Labute approximate surface area is 138 Å². The van der Waals surface area contributed by atoms with E-state index in [-0.39, 0.29) is 5.76 Å². The third kappa shape index (κ3) is 3.05. The molecule has 0 fully saturated rings. The second-order valence-corrected chi connectivity index (χ2v) is 5.27. The molecule has 0 aliphatic rings. The molecule has 24 heavy (non-hydrogen) atoms. The second kappa shape index (κ2) is 6.42. The van der Waals surface area contributed by atoms with Gasteiger partial charge in [-0.1, -0.05) is 48.5 Å². The first-order valence-electron chi connectivity index (χ1n) is 7.36. The molecule has 0 radical (unpaired) electrons. The normalized spacial score (nSPS) is 10.4. The van der Waals surface area contributed by atoms with Crippen molar-refractivity contribution in [1.82, 2.24) is 0 Å². The first-order chi connectivity index (χ1) is 11.6. The maximum atomic E-state index is 12.4. The molecule has 2 N–H and O–H groups in total. The number of hydrogen-bond donors (Lipinski definition) is 2. The molecule has 1 amide bonds. The quantitative estimate of drug-likeness (QED) is 0.773. The third-order valence-corrected chi connectivity index (χ3v) is 3.54. The van der Waals surface area contributed by atoms with Gasteiger partial charge in [0.1, 0.15) is 11.5 Å². The summed E-state index contributed by atoms with van der Waals surface area (Å²) in [6.07, 6.45) is 0. The van der Waals surface area contributed by atoms with Crippen LogP contribution in [-0.2, 0) is 0 Å².